The molecule has 3 heterocycles. The van der Waals surface area contributed by atoms with E-state index in [0.29, 0.717) is 12.6 Å². The molecule has 6 nitrogen and oxygen atoms in total. The number of amides is 1. The smallest absolute Gasteiger partial charge is 0.270 e. The Labute approximate surface area is 129 Å². The van der Waals surface area contributed by atoms with E-state index in [-0.39, 0.29) is 11.9 Å². The third kappa shape index (κ3) is 2.33. The third-order valence-corrected chi connectivity index (χ3v) is 4.71. The number of imidazole rings is 1. The molecule has 0 radical (unpaired) electrons. The molecule has 6 heteroatoms. The lowest BCUT2D eigenvalue weighted by Crippen LogP contribution is -2.49. The van der Waals surface area contributed by atoms with Gasteiger partial charge in [0.05, 0.1) is 6.04 Å². The number of nitrogens with zero attached hydrogens (tertiary/aromatic N) is 4. The average Bonchev–Trinajstić information content (AvgIpc) is 3.04. The molecule has 22 heavy (non-hydrogen) atoms. The predicted molar refractivity (Wildman–Crippen MR) is 82.6 cm³/mol. The van der Waals surface area contributed by atoms with Crippen molar-refractivity contribution >= 4 is 5.91 Å². The van der Waals surface area contributed by atoms with Crippen LogP contribution >= 0.6 is 0 Å². The zero-order valence-electron chi connectivity index (χ0n) is 12.8. The number of aromatic nitrogens is 3. The first kappa shape index (κ1) is 13.6. The Hall–Kier alpha value is -2.08. The number of carbonyl (C=O) groups excluding carboxylic acids is 1. The van der Waals surface area contributed by atoms with Gasteiger partial charge in [0.1, 0.15) is 11.5 Å². The summed E-state index contributed by atoms with van der Waals surface area (Å²) in [5, 5.41) is 0. The fourth-order valence-corrected chi connectivity index (χ4v) is 3.22. The average molecular weight is 299 g/mol. The molecule has 1 saturated carbocycles. The molecule has 116 valence electrons. The van der Waals surface area contributed by atoms with E-state index in [1.807, 2.05) is 29.4 Å². The van der Waals surface area contributed by atoms with Crippen molar-refractivity contribution in [1.29, 1.82) is 0 Å². The molecule has 2 fully saturated rings. The molecule has 1 aliphatic heterocycles. The number of hydrogen-bond acceptors (Lipinski definition) is 3. The van der Waals surface area contributed by atoms with Crippen LogP contribution < -0.4 is 0 Å². The zero-order valence-corrected chi connectivity index (χ0v) is 12.8. The summed E-state index contributed by atoms with van der Waals surface area (Å²) >= 11 is 0. The van der Waals surface area contributed by atoms with Crippen LogP contribution in [0.2, 0.25) is 0 Å². The highest BCUT2D eigenvalue weighted by Gasteiger charge is 2.33. The van der Waals surface area contributed by atoms with E-state index >= 15 is 0 Å². The van der Waals surface area contributed by atoms with Crippen LogP contribution in [-0.2, 0) is 0 Å². The van der Waals surface area contributed by atoms with E-state index in [4.69, 9.17) is 0 Å². The number of aromatic amines is 1. The number of piperazine rings is 1. The molecular formula is C16H21N5O. The Kier molecular flexibility index (Phi) is 3.26. The van der Waals surface area contributed by atoms with E-state index in [9.17, 15) is 4.79 Å². The molecule has 1 aliphatic carbocycles. The first-order valence-corrected chi connectivity index (χ1v) is 7.89. The van der Waals surface area contributed by atoms with E-state index in [0.717, 1.165) is 24.6 Å². The molecule has 0 aromatic carbocycles. The second kappa shape index (κ2) is 5.28. The van der Waals surface area contributed by atoms with Gasteiger partial charge in [-0.05, 0) is 32.0 Å². The van der Waals surface area contributed by atoms with E-state index in [1.165, 1.54) is 12.8 Å². The van der Waals surface area contributed by atoms with Crippen molar-refractivity contribution in [3.63, 3.8) is 0 Å². The zero-order chi connectivity index (χ0) is 15.1. The summed E-state index contributed by atoms with van der Waals surface area (Å²) in [6.45, 7) is 2.31. The third-order valence-electron chi connectivity index (χ3n) is 4.71. The summed E-state index contributed by atoms with van der Waals surface area (Å²) < 4.78 is 2.14. The van der Waals surface area contributed by atoms with Gasteiger partial charge in [-0.25, -0.2) is 4.98 Å². The van der Waals surface area contributed by atoms with Gasteiger partial charge in [-0.1, -0.05) is 0 Å². The number of hydrogen-bond donors (Lipinski definition) is 1. The summed E-state index contributed by atoms with van der Waals surface area (Å²) in [5.41, 5.74) is 0.824. The second-order valence-electron chi connectivity index (χ2n) is 6.25. The van der Waals surface area contributed by atoms with Gasteiger partial charge in [-0.3, -0.25) is 9.69 Å². The van der Waals surface area contributed by atoms with Crippen LogP contribution in [0.3, 0.4) is 0 Å². The highest BCUT2D eigenvalue weighted by Crippen LogP contribution is 2.36. The molecule has 0 bridgehead atoms. The van der Waals surface area contributed by atoms with Crippen molar-refractivity contribution < 1.29 is 4.79 Å². The minimum absolute atomic E-state index is 0.136. The molecule has 1 atom stereocenters. The highest BCUT2D eigenvalue weighted by atomic mass is 16.2. The molecule has 2 aromatic rings. The standard InChI is InChI=1S/C16H21N5O/c1-19-9-10-20(11-14(19)15-17-6-7-18-15)16(22)13-3-2-8-21(13)12-4-5-12/h2-3,6-8,12,14H,4-5,9-11H2,1H3,(H,17,18)/t14-/m1/s1. The van der Waals surface area contributed by atoms with Crippen LogP contribution in [0, 0.1) is 0 Å². The summed E-state index contributed by atoms with van der Waals surface area (Å²) in [5.74, 6) is 1.07. The Morgan fingerprint density at radius 3 is 2.95 bits per heavy atom. The number of rotatable bonds is 3. The van der Waals surface area contributed by atoms with Gasteiger partial charge in [0.25, 0.3) is 5.91 Å². The lowest BCUT2D eigenvalue weighted by molar-refractivity contribution is 0.0524. The molecule has 1 N–H and O–H groups in total. The van der Waals surface area contributed by atoms with Crippen LogP contribution in [0.25, 0.3) is 0 Å². The van der Waals surface area contributed by atoms with Crippen molar-refractivity contribution in [2.24, 2.45) is 0 Å². The molecule has 1 saturated heterocycles. The molecule has 2 aromatic heterocycles. The minimum Gasteiger partial charge on any atom is -0.347 e. The van der Waals surface area contributed by atoms with Crippen molar-refractivity contribution in [3.05, 3.63) is 42.2 Å². The van der Waals surface area contributed by atoms with Crippen LogP contribution in [0.1, 0.15) is 41.2 Å². The maximum absolute atomic E-state index is 12.9. The maximum atomic E-state index is 12.9. The van der Waals surface area contributed by atoms with Crippen molar-refractivity contribution in [2.45, 2.75) is 24.9 Å². The number of nitrogens with one attached hydrogen (secondary N) is 1. The summed E-state index contributed by atoms with van der Waals surface area (Å²) in [6, 6.07) is 4.59. The Morgan fingerprint density at radius 1 is 1.36 bits per heavy atom. The lowest BCUT2D eigenvalue weighted by Gasteiger charge is -2.38. The Morgan fingerprint density at radius 2 is 2.23 bits per heavy atom. The van der Waals surface area contributed by atoms with Gasteiger partial charge in [0.2, 0.25) is 0 Å². The van der Waals surface area contributed by atoms with Gasteiger partial charge in [0, 0.05) is 44.3 Å². The predicted octanol–water partition coefficient (Wildman–Crippen LogP) is 1.67. The first-order chi connectivity index (χ1) is 10.7. The van der Waals surface area contributed by atoms with Crippen LogP contribution in [0.5, 0.6) is 0 Å². The Bertz CT molecular complexity index is 658. The normalized spacial score (nSPS) is 23.0. The largest absolute Gasteiger partial charge is 0.347 e. The van der Waals surface area contributed by atoms with Crippen LogP contribution in [0.15, 0.2) is 30.7 Å². The van der Waals surface area contributed by atoms with E-state index < -0.39 is 0 Å². The van der Waals surface area contributed by atoms with Crippen molar-refractivity contribution in [1.82, 2.24) is 24.3 Å². The highest BCUT2D eigenvalue weighted by molar-refractivity contribution is 5.93. The minimum atomic E-state index is 0.136. The first-order valence-electron chi connectivity index (χ1n) is 7.89. The lowest BCUT2D eigenvalue weighted by atomic mass is 10.1. The van der Waals surface area contributed by atoms with Crippen molar-refractivity contribution in [3.8, 4) is 0 Å². The van der Waals surface area contributed by atoms with Gasteiger partial charge in [0.15, 0.2) is 0 Å². The van der Waals surface area contributed by atoms with E-state index in [1.54, 1.807) is 6.20 Å². The molecule has 1 amide bonds. The SMILES string of the molecule is CN1CCN(C(=O)c2cccn2C2CC2)C[C@@H]1c1ncc[nH]1. The monoisotopic (exact) mass is 299 g/mol. The summed E-state index contributed by atoms with van der Waals surface area (Å²) in [4.78, 5) is 24.6. The summed E-state index contributed by atoms with van der Waals surface area (Å²) in [7, 11) is 2.09. The number of likely N-dealkylation sites (N-methyl/N-ethyl adjacent to an activating group) is 1. The number of carbonyl (C=O) groups is 1. The van der Waals surface area contributed by atoms with Gasteiger partial charge < -0.3 is 14.5 Å². The molecule has 0 unspecified atom stereocenters. The van der Waals surface area contributed by atoms with Crippen LogP contribution in [-0.4, -0.2) is 56.9 Å². The Balaban J connectivity index is 1.54. The van der Waals surface area contributed by atoms with Crippen LogP contribution in [0.4, 0.5) is 0 Å². The maximum Gasteiger partial charge on any atom is 0.270 e. The molecule has 2 aliphatic rings. The van der Waals surface area contributed by atoms with Gasteiger partial charge >= 0.3 is 0 Å². The molecule has 0 spiro atoms. The second-order valence-corrected chi connectivity index (χ2v) is 6.25. The quantitative estimate of drug-likeness (QED) is 0.938. The number of H-pyrrole nitrogens is 1. The van der Waals surface area contributed by atoms with E-state index in [2.05, 4.69) is 26.5 Å². The molecule has 4 rings (SSSR count). The van der Waals surface area contributed by atoms with Crippen molar-refractivity contribution in [2.75, 3.05) is 26.7 Å². The summed E-state index contributed by atoms with van der Waals surface area (Å²) in [6.07, 6.45) is 8.01. The fraction of sp³-hybridized carbons (Fsp3) is 0.500. The molecular weight excluding hydrogens is 278 g/mol. The van der Waals surface area contributed by atoms with Gasteiger partial charge in [-0.15, -0.1) is 0 Å². The fourth-order valence-electron chi connectivity index (χ4n) is 3.22. The topological polar surface area (TPSA) is 57.2 Å². The van der Waals surface area contributed by atoms with Gasteiger partial charge in [-0.2, -0.15) is 0 Å².